The van der Waals surface area contributed by atoms with Crippen LogP contribution in [0, 0.1) is 6.92 Å². The first-order valence-electron chi connectivity index (χ1n) is 8.31. The number of hydrogen-bond acceptors (Lipinski definition) is 4. The molecule has 0 aliphatic heterocycles. The van der Waals surface area contributed by atoms with Crippen LogP contribution in [-0.4, -0.2) is 30.6 Å². The third kappa shape index (κ3) is 6.67. The lowest BCUT2D eigenvalue weighted by atomic mass is 10.1. The molecule has 0 aromatic heterocycles. The maximum absolute atomic E-state index is 12.2. The number of ether oxygens (including phenoxy) is 1. The van der Waals surface area contributed by atoms with E-state index in [0.717, 1.165) is 22.2 Å². The summed E-state index contributed by atoms with van der Waals surface area (Å²) in [4.78, 5) is 13.3. The minimum atomic E-state index is -0.116. The topological polar surface area (TPSA) is 38.3 Å². The van der Waals surface area contributed by atoms with E-state index in [1.54, 1.807) is 18.9 Å². The summed E-state index contributed by atoms with van der Waals surface area (Å²) >= 11 is 3.41. The van der Waals surface area contributed by atoms with Crippen LogP contribution in [0.3, 0.4) is 0 Å². The second-order valence-corrected chi connectivity index (χ2v) is 8.23. The Balaban J connectivity index is 1.66. The largest absolute Gasteiger partial charge is 0.497 e. The third-order valence-corrected chi connectivity index (χ3v) is 5.93. The highest BCUT2D eigenvalue weighted by Gasteiger charge is 2.13. The van der Waals surface area contributed by atoms with E-state index < -0.39 is 0 Å². The van der Waals surface area contributed by atoms with Gasteiger partial charge in [0.15, 0.2) is 0 Å². The second-order valence-electron chi connectivity index (χ2n) is 5.71. The summed E-state index contributed by atoms with van der Waals surface area (Å²) in [6.07, 6.45) is 0. The average molecular weight is 376 g/mol. The van der Waals surface area contributed by atoms with Crippen LogP contribution in [0.5, 0.6) is 5.75 Å². The number of carbonyl (C=O) groups is 1. The number of nitrogens with one attached hydrogen (secondary N) is 1. The van der Waals surface area contributed by atoms with Gasteiger partial charge in [-0.1, -0.05) is 24.3 Å². The van der Waals surface area contributed by atoms with Gasteiger partial charge in [0.05, 0.1) is 12.4 Å². The van der Waals surface area contributed by atoms with E-state index in [0.29, 0.717) is 6.54 Å². The van der Waals surface area contributed by atoms with Crippen LogP contribution < -0.4 is 10.1 Å². The van der Waals surface area contributed by atoms with Gasteiger partial charge in [-0.3, -0.25) is 4.79 Å². The van der Waals surface area contributed by atoms with E-state index in [1.807, 2.05) is 43.0 Å². The normalized spacial score (nSPS) is 11.8. The van der Waals surface area contributed by atoms with Crippen molar-refractivity contribution in [2.75, 3.05) is 19.4 Å². The maximum atomic E-state index is 12.2. The van der Waals surface area contributed by atoms with Crippen LogP contribution >= 0.6 is 23.5 Å². The Morgan fingerprint density at radius 3 is 2.56 bits per heavy atom. The standard InChI is InChI=1S/C20H25NO2S2/c1-15-6-4-5-7-17(15)14-24-13-12-21-20(22)16(2)25-19-10-8-18(23-3)9-11-19/h4-11,16H,12-14H2,1-3H3,(H,21,22)/t16-/m1/s1. The van der Waals surface area contributed by atoms with Gasteiger partial charge in [-0.2, -0.15) is 11.8 Å². The lowest BCUT2D eigenvalue weighted by Gasteiger charge is -2.12. The van der Waals surface area contributed by atoms with Crippen molar-refractivity contribution >= 4 is 29.4 Å². The highest BCUT2D eigenvalue weighted by Crippen LogP contribution is 2.25. The minimum Gasteiger partial charge on any atom is -0.497 e. The number of methoxy groups -OCH3 is 1. The van der Waals surface area contributed by atoms with Crippen molar-refractivity contribution in [3.63, 3.8) is 0 Å². The van der Waals surface area contributed by atoms with Gasteiger partial charge in [-0.15, -0.1) is 11.8 Å². The summed E-state index contributed by atoms with van der Waals surface area (Å²) in [6, 6.07) is 16.2. The molecule has 0 aliphatic carbocycles. The number of amides is 1. The molecule has 0 saturated carbocycles. The van der Waals surface area contributed by atoms with E-state index in [4.69, 9.17) is 4.74 Å². The summed E-state index contributed by atoms with van der Waals surface area (Å²) in [5, 5.41) is 2.90. The summed E-state index contributed by atoms with van der Waals surface area (Å²) in [5.41, 5.74) is 2.69. The molecule has 0 fully saturated rings. The Morgan fingerprint density at radius 2 is 1.88 bits per heavy atom. The molecule has 2 rings (SSSR count). The van der Waals surface area contributed by atoms with Crippen molar-refractivity contribution in [1.29, 1.82) is 0 Å². The molecule has 1 amide bonds. The molecule has 134 valence electrons. The van der Waals surface area contributed by atoms with Gasteiger partial charge in [0.1, 0.15) is 5.75 Å². The first-order chi connectivity index (χ1) is 12.1. The van der Waals surface area contributed by atoms with Gasteiger partial charge in [-0.05, 0) is 49.2 Å². The summed E-state index contributed by atoms with van der Waals surface area (Å²) < 4.78 is 5.15. The zero-order chi connectivity index (χ0) is 18.1. The second kappa shape index (κ2) is 10.4. The SMILES string of the molecule is COc1ccc(S[C@H](C)C(=O)NCCSCc2ccccc2C)cc1. The smallest absolute Gasteiger partial charge is 0.233 e. The first kappa shape index (κ1) is 19.7. The quantitative estimate of drug-likeness (QED) is 0.516. The van der Waals surface area contributed by atoms with Crippen LogP contribution in [0.1, 0.15) is 18.1 Å². The Morgan fingerprint density at radius 1 is 1.16 bits per heavy atom. The Labute approximate surface area is 158 Å². The fraction of sp³-hybridized carbons (Fsp3) is 0.350. The number of hydrogen-bond donors (Lipinski definition) is 1. The lowest BCUT2D eigenvalue weighted by Crippen LogP contribution is -2.32. The van der Waals surface area contributed by atoms with Gasteiger partial charge in [0.2, 0.25) is 5.91 Å². The molecule has 0 unspecified atom stereocenters. The monoisotopic (exact) mass is 375 g/mol. The predicted molar refractivity (Wildman–Crippen MR) is 109 cm³/mol. The molecule has 25 heavy (non-hydrogen) atoms. The number of benzene rings is 2. The highest BCUT2D eigenvalue weighted by molar-refractivity contribution is 8.00. The van der Waals surface area contributed by atoms with E-state index in [9.17, 15) is 4.79 Å². The molecule has 0 heterocycles. The summed E-state index contributed by atoms with van der Waals surface area (Å²) in [6.45, 7) is 4.77. The fourth-order valence-corrected chi connectivity index (χ4v) is 4.08. The maximum Gasteiger partial charge on any atom is 0.233 e. The molecule has 5 heteroatoms. The van der Waals surface area contributed by atoms with Crippen LogP contribution in [-0.2, 0) is 10.5 Å². The van der Waals surface area contributed by atoms with E-state index >= 15 is 0 Å². The Bertz CT molecular complexity index is 674. The third-order valence-electron chi connectivity index (χ3n) is 3.81. The van der Waals surface area contributed by atoms with Crippen molar-refractivity contribution in [3.05, 3.63) is 59.7 Å². The molecule has 0 aliphatic rings. The van der Waals surface area contributed by atoms with E-state index in [2.05, 4.69) is 36.5 Å². The zero-order valence-electron chi connectivity index (χ0n) is 15.0. The first-order valence-corrected chi connectivity index (χ1v) is 10.3. The number of rotatable bonds is 9. The fourth-order valence-electron chi connectivity index (χ4n) is 2.26. The Hall–Kier alpha value is -1.59. The van der Waals surface area contributed by atoms with Crippen molar-refractivity contribution in [2.45, 2.75) is 29.7 Å². The van der Waals surface area contributed by atoms with Crippen molar-refractivity contribution in [2.24, 2.45) is 0 Å². The highest BCUT2D eigenvalue weighted by atomic mass is 32.2. The lowest BCUT2D eigenvalue weighted by molar-refractivity contribution is -0.120. The number of thioether (sulfide) groups is 2. The number of aryl methyl sites for hydroxylation is 1. The summed E-state index contributed by atoms with van der Waals surface area (Å²) in [7, 11) is 1.65. The van der Waals surface area contributed by atoms with Gasteiger partial charge in [0, 0.05) is 22.9 Å². The number of carbonyl (C=O) groups excluding carboxylic acids is 1. The Kier molecular flexibility index (Phi) is 8.22. The van der Waals surface area contributed by atoms with E-state index in [1.165, 1.54) is 11.1 Å². The molecule has 2 aromatic carbocycles. The van der Waals surface area contributed by atoms with Crippen LogP contribution in [0.2, 0.25) is 0 Å². The predicted octanol–water partition coefficient (Wildman–Crippen LogP) is 4.53. The van der Waals surface area contributed by atoms with Crippen molar-refractivity contribution in [1.82, 2.24) is 5.32 Å². The van der Waals surface area contributed by atoms with Crippen LogP contribution in [0.4, 0.5) is 0 Å². The van der Waals surface area contributed by atoms with Gasteiger partial charge in [-0.25, -0.2) is 0 Å². The van der Waals surface area contributed by atoms with Gasteiger partial charge in [0.25, 0.3) is 0 Å². The summed E-state index contributed by atoms with van der Waals surface area (Å²) in [5.74, 6) is 2.81. The minimum absolute atomic E-state index is 0.0808. The van der Waals surface area contributed by atoms with Gasteiger partial charge < -0.3 is 10.1 Å². The average Bonchev–Trinajstić information content (AvgIpc) is 2.63. The molecular weight excluding hydrogens is 350 g/mol. The molecule has 3 nitrogen and oxygen atoms in total. The molecule has 0 bridgehead atoms. The zero-order valence-corrected chi connectivity index (χ0v) is 16.6. The van der Waals surface area contributed by atoms with Crippen LogP contribution in [0.15, 0.2) is 53.4 Å². The van der Waals surface area contributed by atoms with E-state index in [-0.39, 0.29) is 11.2 Å². The molecule has 0 spiro atoms. The molecule has 0 saturated heterocycles. The molecule has 0 radical (unpaired) electrons. The molecular formula is C20H25NO2S2. The molecule has 1 atom stereocenters. The molecule has 1 N–H and O–H groups in total. The molecule has 2 aromatic rings. The van der Waals surface area contributed by atoms with Gasteiger partial charge >= 0.3 is 0 Å². The van der Waals surface area contributed by atoms with Crippen LogP contribution in [0.25, 0.3) is 0 Å². The van der Waals surface area contributed by atoms with Crippen molar-refractivity contribution in [3.8, 4) is 5.75 Å². The van der Waals surface area contributed by atoms with Crippen molar-refractivity contribution < 1.29 is 9.53 Å².